The Morgan fingerprint density at radius 3 is 3.05 bits per heavy atom. The summed E-state index contributed by atoms with van der Waals surface area (Å²) in [4.78, 5) is 11.1. The largest absolute Gasteiger partial charge is 0.384 e. The smallest absolute Gasteiger partial charge is 0.205 e. The molecule has 0 spiro atoms. The Morgan fingerprint density at radius 2 is 2.25 bits per heavy atom. The number of aromatic nitrogens is 3. The molecular formula is C14H18N4OS. The lowest BCUT2D eigenvalue weighted by Crippen LogP contribution is -2.22. The van der Waals surface area contributed by atoms with Gasteiger partial charge in [-0.25, -0.2) is 4.98 Å². The number of nitrogens with zero attached hydrogens (tertiary/aromatic N) is 4. The molecule has 2 aromatic rings. The minimum atomic E-state index is 0.404. The van der Waals surface area contributed by atoms with Crippen molar-refractivity contribution in [2.45, 2.75) is 25.3 Å². The second-order valence-corrected chi connectivity index (χ2v) is 5.60. The number of ether oxygens (including phenoxy) is 1. The molecule has 1 unspecified atom stereocenters. The van der Waals surface area contributed by atoms with E-state index >= 15 is 0 Å². The summed E-state index contributed by atoms with van der Waals surface area (Å²) in [5.74, 6) is 0.882. The van der Waals surface area contributed by atoms with Crippen LogP contribution < -0.4 is 4.90 Å². The molecule has 0 radical (unpaired) electrons. The first kappa shape index (κ1) is 13.5. The summed E-state index contributed by atoms with van der Waals surface area (Å²) in [6, 6.07) is 4.59. The quantitative estimate of drug-likeness (QED) is 0.846. The lowest BCUT2D eigenvalue weighted by atomic mass is 10.1. The molecule has 0 saturated carbocycles. The molecule has 5 nitrogen and oxygen atoms in total. The Morgan fingerprint density at radius 1 is 1.40 bits per heavy atom. The number of anilines is 1. The van der Waals surface area contributed by atoms with E-state index < -0.39 is 0 Å². The van der Waals surface area contributed by atoms with Crippen LogP contribution in [-0.4, -0.2) is 34.6 Å². The average Bonchev–Trinajstić information content (AvgIpc) is 3.14. The van der Waals surface area contributed by atoms with Crippen molar-refractivity contribution in [2.75, 3.05) is 25.2 Å². The van der Waals surface area contributed by atoms with E-state index in [4.69, 9.17) is 4.74 Å². The zero-order valence-electron chi connectivity index (χ0n) is 11.5. The van der Waals surface area contributed by atoms with Crippen molar-refractivity contribution in [3.05, 3.63) is 35.9 Å². The standard InChI is InChI=1S/C14H18N4OS/c1-19-10-6-13-16-14(20-17-13)18-9-2-3-12(18)11-4-7-15-8-5-11/h4-5,7-8,12H,2-3,6,9-10H2,1H3. The minimum absolute atomic E-state index is 0.404. The molecule has 0 N–H and O–H groups in total. The maximum Gasteiger partial charge on any atom is 0.205 e. The Labute approximate surface area is 122 Å². The molecule has 6 heteroatoms. The molecule has 1 atom stereocenters. The van der Waals surface area contributed by atoms with E-state index in [-0.39, 0.29) is 0 Å². The SMILES string of the molecule is COCCc1nsc(N2CCCC2c2ccncc2)n1. The van der Waals surface area contributed by atoms with E-state index in [9.17, 15) is 0 Å². The maximum absolute atomic E-state index is 5.08. The lowest BCUT2D eigenvalue weighted by Gasteiger charge is -2.23. The highest BCUT2D eigenvalue weighted by Crippen LogP contribution is 2.36. The number of hydrogen-bond donors (Lipinski definition) is 0. The number of hydrogen-bond acceptors (Lipinski definition) is 6. The topological polar surface area (TPSA) is 51.1 Å². The number of rotatable bonds is 5. The van der Waals surface area contributed by atoms with Gasteiger partial charge in [-0.2, -0.15) is 4.37 Å². The molecule has 1 aliphatic rings. The molecule has 0 aliphatic carbocycles. The van der Waals surface area contributed by atoms with E-state index in [2.05, 4.69) is 31.4 Å². The summed E-state index contributed by atoms with van der Waals surface area (Å²) in [6.07, 6.45) is 6.85. The molecule has 3 rings (SSSR count). The third kappa shape index (κ3) is 2.81. The van der Waals surface area contributed by atoms with Crippen molar-refractivity contribution in [1.29, 1.82) is 0 Å². The molecule has 2 aromatic heterocycles. The summed E-state index contributed by atoms with van der Waals surface area (Å²) in [7, 11) is 1.70. The summed E-state index contributed by atoms with van der Waals surface area (Å²) >= 11 is 1.49. The molecular weight excluding hydrogens is 272 g/mol. The van der Waals surface area contributed by atoms with Crippen molar-refractivity contribution < 1.29 is 4.74 Å². The summed E-state index contributed by atoms with van der Waals surface area (Å²) in [5, 5.41) is 1.02. The first-order valence-electron chi connectivity index (χ1n) is 6.86. The summed E-state index contributed by atoms with van der Waals surface area (Å²) < 4.78 is 9.50. The summed E-state index contributed by atoms with van der Waals surface area (Å²) in [5.41, 5.74) is 1.31. The molecule has 1 aliphatic heterocycles. The van der Waals surface area contributed by atoms with Gasteiger partial charge in [0.05, 0.1) is 12.6 Å². The predicted molar refractivity (Wildman–Crippen MR) is 79.0 cm³/mol. The highest BCUT2D eigenvalue weighted by atomic mass is 32.1. The van der Waals surface area contributed by atoms with E-state index in [0.29, 0.717) is 12.6 Å². The molecule has 1 fully saturated rings. The fourth-order valence-electron chi connectivity index (χ4n) is 2.58. The van der Waals surface area contributed by atoms with Gasteiger partial charge in [0.15, 0.2) is 0 Å². The fraction of sp³-hybridized carbons (Fsp3) is 0.500. The molecule has 0 amide bonds. The van der Waals surface area contributed by atoms with Crippen LogP contribution in [0.25, 0.3) is 0 Å². The van der Waals surface area contributed by atoms with Gasteiger partial charge in [-0.1, -0.05) is 0 Å². The first-order chi connectivity index (χ1) is 9.88. The van der Waals surface area contributed by atoms with E-state index in [1.54, 1.807) is 7.11 Å². The highest BCUT2D eigenvalue weighted by molar-refractivity contribution is 7.09. The van der Waals surface area contributed by atoms with Gasteiger partial charge >= 0.3 is 0 Å². The maximum atomic E-state index is 5.08. The lowest BCUT2D eigenvalue weighted by molar-refractivity contribution is 0.201. The second kappa shape index (κ2) is 6.28. The van der Waals surface area contributed by atoms with Crippen LogP contribution in [-0.2, 0) is 11.2 Å². The zero-order valence-corrected chi connectivity index (χ0v) is 12.3. The van der Waals surface area contributed by atoms with Crippen molar-refractivity contribution in [2.24, 2.45) is 0 Å². The Hall–Kier alpha value is -1.53. The van der Waals surface area contributed by atoms with E-state index in [1.807, 2.05) is 12.4 Å². The fourth-order valence-corrected chi connectivity index (χ4v) is 3.37. The van der Waals surface area contributed by atoms with Gasteiger partial charge in [-0.05, 0) is 30.5 Å². The predicted octanol–water partition coefficient (Wildman–Crippen LogP) is 2.46. The van der Waals surface area contributed by atoms with Gasteiger partial charge < -0.3 is 9.64 Å². The van der Waals surface area contributed by atoms with Crippen LogP contribution in [0.3, 0.4) is 0 Å². The van der Waals surface area contributed by atoms with Crippen LogP contribution in [0, 0.1) is 0 Å². The molecule has 1 saturated heterocycles. The van der Waals surface area contributed by atoms with Crippen molar-refractivity contribution in [1.82, 2.24) is 14.3 Å². The molecule has 106 valence electrons. The summed E-state index contributed by atoms with van der Waals surface area (Å²) in [6.45, 7) is 1.72. The van der Waals surface area contributed by atoms with Crippen LogP contribution in [0.15, 0.2) is 24.5 Å². The van der Waals surface area contributed by atoms with Gasteiger partial charge in [0, 0.05) is 44.0 Å². The van der Waals surface area contributed by atoms with Crippen molar-refractivity contribution >= 4 is 16.7 Å². The first-order valence-corrected chi connectivity index (χ1v) is 7.64. The zero-order chi connectivity index (χ0) is 13.8. The van der Waals surface area contributed by atoms with E-state index in [0.717, 1.165) is 30.3 Å². The van der Waals surface area contributed by atoms with Crippen molar-refractivity contribution in [3.8, 4) is 0 Å². The van der Waals surface area contributed by atoms with Crippen LogP contribution >= 0.6 is 11.5 Å². The average molecular weight is 290 g/mol. The van der Waals surface area contributed by atoms with Crippen LogP contribution in [0.1, 0.15) is 30.3 Å². The minimum Gasteiger partial charge on any atom is -0.384 e. The van der Waals surface area contributed by atoms with Crippen LogP contribution in [0.4, 0.5) is 5.13 Å². The Bertz CT molecular complexity index is 545. The number of pyridine rings is 1. The second-order valence-electron chi connectivity index (χ2n) is 4.87. The van der Waals surface area contributed by atoms with Gasteiger partial charge in [-0.15, -0.1) is 0 Å². The van der Waals surface area contributed by atoms with Gasteiger partial charge in [-0.3, -0.25) is 4.98 Å². The molecule has 20 heavy (non-hydrogen) atoms. The Kier molecular flexibility index (Phi) is 4.22. The molecule has 0 bridgehead atoms. The van der Waals surface area contributed by atoms with Gasteiger partial charge in [0.2, 0.25) is 5.13 Å². The third-order valence-corrected chi connectivity index (χ3v) is 4.37. The normalized spacial score (nSPS) is 18.6. The van der Waals surface area contributed by atoms with Crippen LogP contribution in [0.5, 0.6) is 0 Å². The van der Waals surface area contributed by atoms with Crippen molar-refractivity contribution in [3.63, 3.8) is 0 Å². The molecule has 3 heterocycles. The Balaban J connectivity index is 1.77. The third-order valence-electron chi connectivity index (χ3n) is 3.58. The van der Waals surface area contributed by atoms with E-state index in [1.165, 1.54) is 23.5 Å². The van der Waals surface area contributed by atoms with Crippen LogP contribution in [0.2, 0.25) is 0 Å². The number of methoxy groups -OCH3 is 1. The highest BCUT2D eigenvalue weighted by Gasteiger charge is 2.28. The van der Waals surface area contributed by atoms with Gasteiger partial charge in [0.1, 0.15) is 5.82 Å². The molecule has 0 aromatic carbocycles. The van der Waals surface area contributed by atoms with Gasteiger partial charge in [0.25, 0.3) is 0 Å². The monoisotopic (exact) mass is 290 g/mol.